The highest BCUT2D eigenvalue weighted by Gasteiger charge is 2.38. The molecule has 0 N–H and O–H groups in total. The van der Waals surface area contributed by atoms with Gasteiger partial charge in [0.15, 0.2) is 0 Å². The van der Waals surface area contributed by atoms with Gasteiger partial charge in [-0.3, -0.25) is 4.79 Å². The number of nitrogens with zero attached hydrogens (tertiary/aromatic N) is 2. The first-order valence-corrected chi connectivity index (χ1v) is 10.8. The number of carbonyl (C=O) groups excluding carboxylic acids is 1. The number of carbonyl (C=O) groups is 1. The highest BCUT2D eigenvalue weighted by Crippen LogP contribution is 2.32. The molecule has 7 heteroatoms. The molecule has 2 fully saturated rings. The second-order valence-electron chi connectivity index (χ2n) is 7.29. The zero-order chi connectivity index (χ0) is 18.0. The Morgan fingerprint density at radius 1 is 1.28 bits per heavy atom. The fourth-order valence-corrected chi connectivity index (χ4v) is 4.69. The molecule has 2 aliphatic rings. The minimum atomic E-state index is -2.95. The number of pyridine rings is 1. The van der Waals surface area contributed by atoms with E-state index in [-0.39, 0.29) is 35.5 Å². The molecule has 25 heavy (non-hydrogen) atoms. The van der Waals surface area contributed by atoms with Crippen molar-refractivity contribution in [2.75, 3.05) is 11.5 Å². The number of ether oxygens (including phenoxy) is 1. The van der Waals surface area contributed by atoms with E-state index in [0.717, 1.165) is 18.4 Å². The average molecular weight is 366 g/mol. The molecule has 1 saturated carbocycles. The van der Waals surface area contributed by atoms with Crippen molar-refractivity contribution in [1.82, 2.24) is 9.88 Å². The molecule has 3 rings (SSSR count). The summed E-state index contributed by atoms with van der Waals surface area (Å²) in [6, 6.07) is 4.07. The third-order valence-electron chi connectivity index (χ3n) is 4.68. The van der Waals surface area contributed by atoms with E-state index in [1.54, 1.807) is 6.20 Å². The first kappa shape index (κ1) is 18.2. The lowest BCUT2D eigenvalue weighted by Crippen LogP contribution is -2.40. The summed E-state index contributed by atoms with van der Waals surface area (Å²) in [6.45, 7) is 4.43. The van der Waals surface area contributed by atoms with Gasteiger partial charge in [0.05, 0.1) is 17.6 Å². The van der Waals surface area contributed by atoms with Crippen molar-refractivity contribution in [3.8, 4) is 5.88 Å². The molecule has 0 aromatic carbocycles. The van der Waals surface area contributed by atoms with Crippen LogP contribution in [0.15, 0.2) is 18.3 Å². The number of aromatic nitrogens is 1. The molecular weight excluding hydrogens is 340 g/mol. The smallest absolute Gasteiger partial charge is 0.226 e. The molecule has 0 atom stereocenters. The van der Waals surface area contributed by atoms with Crippen LogP contribution in [0.1, 0.15) is 45.1 Å². The Hall–Kier alpha value is -1.63. The molecule has 0 bridgehead atoms. The number of sulfone groups is 1. The van der Waals surface area contributed by atoms with Gasteiger partial charge in [-0.15, -0.1) is 0 Å². The predicted molar refractivity (Wildman–Crippen MR) is 95.0 cm³/mol. The van der Waals surface area contributed by atoms with Crippen LogP contribution >= 0.6 is 0 Å². The summed E-state index contributed by atoms with van der Waals surface area (Å²) in [5.41, 5.74) is 0.995. The largest absolute Gasteiger partial charge is 0.475 e. The Morgan fingerprint density at radius 3 is 2.56 bits per heavy atom. The molecule has 1 saturated heterocycles. The third-order valence-corrected chi connectivity index (χ3v) is 6.40. The fraction of sp³-hybridized carbons (Fsp3) is 0.667. The van der Waals surface area contributed by atoms with Crippen molar-refractivity contribution < 1.29 is 17.9 Å². The highest BCUT2D eigenvalue weighted by atomic mass is 32.2. The van der Waals surface area contributed by atoms with Gasteiger partial charge in [0.25, 0.3) is 0 Å². The minimum Gasteiger partial charge on any atom is -0.475 e. The zero-order valence-electron chi connectivity index (χ0n) is 14.8. The minimum absolute atomic E-state index is 0.0492. The van der Waals surface area contributed by atoms with Crippen molar-refractivity contribution in [2.24, 2.45) is 5.92 Å². The summed E-state index contributed by atoms with van der Waals surface area (Å²) >= 11 is 0. The number of rotatable bonds is 6. The maximum Gasteiger partial charge on any atom is 0.226 e. The monoisotopic (exact) mass is 366 g/mol. The SMILES string of the molecule is CC(C)Oc1cc(CN(C(=O)C2CCS(=O)(=O)CC2)C2CC2)ccn1. The van der Waals surface area contributed by atoms with Crippen molar-refractivity contribution in [1.29, 1.82) is 0 Å². The van der Waals surface area contributed by atoms with Crippen LogP contribution in [0.3, 0.4) is 0 Å². The molecule has 2 heterocycles. The predicted octanol–water partition coefficient (Wildman–Crippen LogP) is 2.18. The molecule has 0 spiro atoms. The molecule has 1 aliphatic carbocycles. The van der Waals surface area contributed by atoms with Crippen LogP contribution in [0.5, 0.6) is 5.88 Å². The fourth-order valence-electron chi connectivity index (χ4n) is 3.20. The molecule has 6 nitrogen and oxygen atoms in total. The van der Waals surface area contributed by atoms with Gasteiger partial charge in [-0.05, 0) is 51.2 Å². The summed E-state index contributed by atoms with van der Waals surface area (Å²) in [4.78, 5) is 19.1. The second-order valence-corrected chi connectivity index (χ2v) is 9.60. The average Bonchev–Trinajstić information content (AvgIpc) is 3.36. The van der Waals surface area contributed by atoms with E-state index in [1.165, 1.54) is 0 Å². The standard InChI is InChI=1S/C18H26N2O4S/c1-13(2)24-17-11-14(5-8-19-17)12-20(16-3-4-16)18(21)15-6-9-25(22,23)10-7-15/h5,8,11,13,15-16H,3-4,6-7,9-10,12H2,1-2H3. The van der Waals surface area contributed by atoms with Crippen LogP contribution in [0.2, 0.25) is 0 Å². The summed E-state index contributed by atoms with van der Waals surface area (Å²) in [7, 11) is -2.95. The Morgan fingerprint density at radius 2 is 1.96 bits per heavy atom. The van der Waals surface area contributed by atoms with Crippen LogP contribution < -0.4 is 4.74 Å². The summed E-state index contributed by atoms with van der Waals surface area (Å²) < 4.78 is 28.8. The zero-order valence-corrected chi connectivity index (χ0v) is 15.7. The van der Waals surface area contributed by atoms with E-state index in [0.29, 0.717) is 25.3 Å². The number of hydrogen-bond donors (Lipinski definition) is 0. The van der Waals surface area contributed by atoms with E-state index in [1.807, 2.05) is 30.9 Å². The molecule has 1 amide bonds. The number of hydrogen-bond acceptors (Lipinski definition) is 5. The van der Waals surface area contributed by atoms with E-state index in [4.69, 9.17) is 4.74 Å². The van der Waals surface area contributed by atoms with Gasteiger partial charge < -0.3 is 9.64 Å². The van der Waals surface area contributed by atoms with Crippen molar-refractivity contribution in [2.45, 2.75) is 58.2 Å². The van der Waals surface area contributed by atoms with Crippen LogP contribution in [0.4, 0.5) is 0 Å². The number of amides is 1. The van der Waals surface area contributed by atoms with Gasteiger partial charge >= 0.3 is 0 Å². The van der Waals surface area contributed by atoms with Crippen LogP contribution in [0.25, 0.3) is 0 Å². The van der Waals surface area contributed by atoms with Crippen molar-refractivity contribution in [3.05, 3.63) is 23.9 Å². The molecule has 1 aliphatic heterocycles. The normalized spacial score (nSPS) is 20.4. The lowest BCUT2D eigenvalue weighted by molar-refractivity contribution is -0.137. The topological polar surface area (TPSA) is 76.6 Å². The van der Waals surface area contributed by atoms with Crippen LogP contribution in [-0.4, -0.2) is 47.9 Å². The van der Waals surface area contributed by atoms with Crippen molar-refractivity contribution >= 4 is 15.7 Å². The lowest BCUT2D eigenvalue weighted by atomic mass is 10.0. The van der Waals surface area contributed by atoms with E-state index < -0.39 is 9.84 Å². The van der Waals surface area contributed by atoms with Gasteiger partial charge in [0.1, 0.15) is 9.84 Å². The van der Waals surface area contributed by atoms with Gasteiger partial charge in [0.2, 0.25) is 11.8 Å². The quantitative estimate of drug-likeness (QED) is 0.771. The van der Waals surface area contributed by atoms with E-state index >= 15 is 0 Å². The van der Waals surface area contributed by atoms with Crippen LogP contribution in [-0.2, 0) is 21.2 Å². The highest BCUT2D eigenvalue weighted by molar-refractivity contribution is 7.91. The maximum atomic E-state index is 12.9. The van der Waals surface area contributed by atoms with Gasteiger partial charge in [-0.1, -0.05) is 0 Å². The molecule has 0 radical (unpaired) electrons. The second kappa shape index (κ2) is 7.32. The Kier molecular flexibility index (Phi) is 5.32. The summed E-state index contributed by atoms with van der Waals surface area (Å²) in [6.07, 6.45) is 4.70. The molecule has 138 valence electrons. The molecule has 0 unspecified atom stereocenters. The molecular formula is C18H26N2O4S. The Bertz CT molecular complexity index is 714. The Balaban J connectivity index is 1.69. The summed E-state index contributed by atoms with van der Waals surface area (Å²) in [5, 5.41) is 0. The van der Waals surface area contributed by atoms with E-state index in [9.17, 15) is 13.2 Å². The van der Waals surface area contributed by atoms with Gasteiger partial charge in [0, 0.05) is 30.8 Å². The molecule has 1 aromatic rings. The molecule has 1 aromatic heterocycles. The summed E-state index contributed by atoms with van der Waals surface area (Å²) in [5.74, 6) is 0.755. The van der Waals surface area contributed by atoms with E-state index in [2.05, 4.69) is 4.98 Å². The third kappa shape index (κ3) is 4.93. The first-order chi connectivity index (χ1) is 11.8. The van der Waals surface area contributed by atoms with Crippen molar-refractivity contribution in [3.63, 3.8) is 0 Å². The first-order valence-electron chi connectivity index (χ1n) is 8.96. The maximum absolute atomic E-state index is 12.9. The lowest BCUT2D eigenvalue weighted by Gasteiger charge is -2.29. The van der Waals surface area contributed by atoms with Gasteiger partial charge in [-0.2, -0.15) is 0 Å². The van der Waals surface area contributed by atoms with Crippen LogP contribution in [0, 0.1) is 5.92 Å². The Labute approximate surface area is 149 Å². The van der Waals surface area contributed by atoms with Gasteiger partial charge in [-0.25, -0.2) is 13.4 Å².